The fraction of sp³-hybridized carbons (Fsp3) is 0.706. The fourth-order valence-corrected chi connectivity index (χ4v) is 2.93. The van der Waals surface area contributed by atoms with Crippen LogP contribution in [0.15, 0.2) is 17.1 Å². The monoisotopic (exact) mass is 452 g/mol. The first-order chi connectivity index (χ1) is 10.2. The topological polar surface area (TPSA) is 39.7 Å². The van der Waals surface area contributed by atoms with Gasteiger partial charge in [0.25, 0.3) is 0 Å². The third kappa shape index (κ3) is 8.35. The minimum Gasteiger partial charge on any atom is -0.357 e. The van der Waals surface area contributed by atoms with Crippen LogP contribution in [0.5, 0.6) is 0 Å². The van der Waals surface area contributed by atoms with Crippen molar-refractivity contribution in [1.29, 1.82) is 0 Å². The Morgan fingerprint density at radius 2 is 2.00 bits per heavy atom. The van der Waals surface area contributed by atoms with Crippen molar-refractivity contribution in [3.8, 4) is 0 Å². The second-order valence-electron chi connectivity index (χ2n) is 6.66. The molecule has 1 unspecified atom stereocenters. The molecule has 4 nitrogen and oxygen atoms in total. The van der Waals surface area contributed by atoms with Gasteiger partial charge in [-0.05, 0) is 60.8 Å². The summed E-state index contributed by atoms with van der Waals surface area (Å²) in [5, 5.41) is 6.85. The van der Waals surface area contributed by atoms with Crippen LogP contribution in [0.25, 0.3) is 0 Å². The molecule has 134 valence electrons. The third-order valence-electron chi connectivity index (χ3n) is 3.87. The summed E-state index contributed by atoms with van der Waals surface area (Å²) >= 11 is 1.87. The highest BCUT2D eigenvalue weighted by Gasteiger charge is 2.20. The van der Waals surface area contributed by atoms with Gasteiger partial charge in [0.15, 0.2) is 5.96 Å². The minimum absolute atomic E-state index is 0. The van der Waals surface area contributed by atoms with Crippen LogP contribution in [0.4, 0.5) is 0 Å². The highest BCUT2D eigenvalue weighted by Crippen LogP contribution is 2.16. The number of hydrogen-bond donors (Lipinski definition) is 2. The molecule has 0 bridgehead atoms. The Morgan fingerprint density at radius 1 is 1.35 bits per heavy atom. The zero-order valence-corrected chi connectivity index (χ0v) is 18.7. The Bertz CT molecular complexity index is 483. The summed E-state index contributed by atoms with van der Waals surface area (Å²) in [4.78, 5) is 9.74. The van der Waals surface area contributed by atoms with Gasteiger partial charge in [-0.15, -0.1) is 35.3 Å². The second kappa shape index (κ2) is 10.5. The fourth-order valence-electron chi connectivity index (χ4n) is 1.92. The average Bonchev–Trinajstić information content (AvgIpc) is 2.81. The Hall–Kier alpha value is -0.340. The predicted octanol–water partition coefficient (Wildman–Crippen LogP) is 3.50. The molecular formula is C17H33IN4S. The molecule has 1 heterocycles. The van der Waals surface area contributed by atoms with Gasteiger partial charge in [-0.25, -0.2) is 0 Å². The summed E-state index contributed by atoms with van der Waals surface area (Å²) < 4.78 is 0. The molecule has 0 aliphatic heterocycles. The maximum atomic E-state index is 4.75. The van der Waals surface area contributed by atoms with E-state index in [2.05, 4.69) is 76.4 Å². The number of hydrogen-bond acceptors (Lipinski definition) is 3. The van der Waals surface area contributed by atoms with Crippen molar-refractivity contribution in [2.75, 3.05) is 27.2 Å². The second-order valence-corrected chi connectivity index (χ2v) is 8.04. The van der Waals surface area contributed by atoms with Gasteiger partial charge in [-0.2, -0.15) is 0 Å². The van der Waals surface area contributed by atoms with Gasteiger partial charge in [0, 0.05) is 34.3 Å². The summed E-state index contributed by atoms with van der Waals surface area (Å²) in [6, 6.07) is 4.77. The van der Waals surface area contributed by atoms with E-state index in [1.807, 2.05) is 11.3 Å². The summed E-state index contributed by atoms with van der Waals surface area (Å²) in [5.74, 6) is 0.901. The van der Waals surface area contributed by atoms with E-state index in [4.69, 9.17) is 4.99 Å². The Morgan fingerprint density at radius 3 is 2.48 bits per heavy atom. The minimum atomic E-state index is 0. The first kappa shape index (κ1) is 22.7. The molecule has 0 spiro atoms. The molecule has 1 aromatic heterocycles. The SMILES string of the molecule is CCNC(=NCC(C)(C)N(C)C)NC(C)Cc1ccc(C)s1.I. The van der Waals surface area contributed by atoms with Crippen molar-refractivity contribution in [1.82, 2.24) is 15.5 Å². The van der Waals surface area contributed by atoms with Crippen LogP contribution in [0, 0.1) is 6.92 Å². The number of guanidine groups is 1. The van der Waals surface area contributed by atoms with Gasteiger partial charge >= 0.3 is 0 Å². The highest BCUT2D eigenvalue weighted by atomic mass is 127. The lowest BCUT2D eigenvalue weighted by molar-refractivity contribution is 0.204. The van der Waals surface area contributed by atoms with Gasteiger partial charge < -0.3 is 15.5 Å². The van der Waals surface area contributed by atoms with E-state index >= 15 is 0 Å². The Balaban J connectivity index is 0.00000484. The molecule has 0 fully saturated rings. The zero-order chi connectivity index (χ0) is 16.8. The lowest BCUT2D eigenvalue weighted by Crippen LogP contribution is -2.46. The van der Waals surface area contributed by atoms with E-state index < -0.39 is 0 Å². The van der Waals surface area contributed by atoms with E-state index in [0.717, 1.165) is 25.5 Å². The number of likely N-dealkylation sites (N-methyl/N-ethyl adjacent to an activating group) is 1. The van der Waals surface area contributed by atoms with Crippen molar-refractivity contribution in [2.24, 2.45) is 4.99 Å². The van der Waals surface area contributed by atoms with Crippen molar-refractivity contribution >= 4 is 41.3 Å². The zero-order valence-electron chi connectivity index (χ0n) is 15.6. The normalized spacial score (nSPS) is 13.7. The molecule has 0 saturated heterocycles. The molecule has 0 aliphatic rings. The molecule has 0 aromatic carbocycles. The van der Waals surface area contributed by atoms with Crippen LogP contribution in [0.3, 0.4) is 0 Å². The van der Waals surface area contributed by atoms with Crippen LogP contribution in [-0.4, -0.2) is 49.6 Å². The number of aliphatic imine (C=N–C) groups is 1. The predicted molar refractivity (Wildman–Crippen MR) is 115 cm³/mol. The summed E-state index contributed by atoms with van der Waals surface area (Å²) in [5.41, 5.74) is 0.0520. The lowest BCUT2D eigenvalue weighted by Gasteiger charge is -2.31. The number of thiophene rings is 1. The number of nitrogens with zero attached hydrogens (tertiary/aromatic N) is 2. The van der Waals surface area contributed by atoms with Crippen molar-refractivity contribution < 1.29 is 0 Å². The van der Waals surface area contributed by atoms with Crippen molar-refractivity contribution in [3.63, 3.8) is 0 Å². The Labute approximate surface area is 163 Å². The third-order valence-corrected chi connectivity index (χ3v) is 4.89. The molecule has 6 heteroatoms. The summed E-state index contributed by atoms with van der Waals surface area (Å²) in [6.45, 7) is 12.5. The van der Waals surface area contributed by atoms with Crippen LogP contribution in [0.2, 0.25) is 0 Å². The van der Waals surface area contributed by atoms with E-state index in [0.29, 0.717) is 6.04 Å². The van der Waals surface area contributed by atoms with Gasteiger partial charge in [0.05, 0.1) is 6.54 Å². The van der Waals surface area contributed by atoms with Crippen molar-refractivity contribution in [3.05, 3.63) is 21.9 Å². The van der Waals surface area contributed by atoms with Crippen molar-refractivity contribution in [2.45, 2.75) is 52.6 Å². The number of rotatable bonds is 7. The lowest BCUT2D eigenvalue weighted by atomic mass is 10.1. The maximum absolute atomic E-state index is 4.75. The van der Waals surface area contributed by atoms with E-state index in [1.54, 1.807) is 0 Å². The van der Waals surface area contributed by atoms with Crippen LogP contribution < -0.4 is 10.6 Å². The Kier molecular flexibility index (Phi) is 10.4. The largest absolute Gasteiger partial charge is 0.357 e. The number of nitrogens with one attached hydrogen (secondary N) is 2. The smallest absolute Gasteiger partial charge is 0.191 e. The maximum Gasteiger partial charge on any atom is 0.191 e. The first-order valence-electron chi connectivity index (χ1n) is 8.02. The van der Waals surface area contributed by atoms with Crippen LogP contribution in [0.1, 0.15) is 37.4 Å². The number of halogens is 1. The van der Waals surface area contributed by atoms with Gasteiger partial charge in [-0.3, -0.25) is 4.99 Å². The van der Waals surface area contributed by atoms with E-state index in [1.165, 1.54) is 9.75 Å². The molecule has 1 atom stereocenters. The van der Waals surface area contributed by atoms with Gasteiger partial charge in [0.1, 0.15) is 0 Å². The highest BCUT2D eigenvalue weighted by molar-refractivity contribution is 14.0. The molecule has 1 aromatic rings. The molecule has 1 rings (SSSR count). The number of aryl methyl sites for hydroxylation is 1. The standard InChI is InChI=1S/C17H32N4S.HI/c1-8-18-16(19-12-17(4,5)21(6)7)20-13(2)11-15-10-9-14(3)22-15;/h9-10,13H,8,11-12H2,1-7H3,(H2,18,19,20);1H. The average molecular weight is 452 g/mol. The molecule has 0 saturated carbocycles. The summed E-state index contributed by atoms with van der Waals surface area (Å²) in [6.07, 6.45) is 1.03. The van der Waals surface area contributed by atoms with E-state index in [9.17, 15) is 0 Å². The molecule has 23 heavy (non-hydrogen) atoms. The molecule has 0 amide bonds. The van der Waals surface area contributed by atoms with Gasteiger partial charge in [0.2, 0.25) is 0 Å². The first-order valence-corrected chi connectivity index (χ1v) is 8.84. The van der Waals surface area contributed by atoms with Crippen LogP contribution >= 0.6 is 35.3 Å². The van der Waals surface area contributed by atoms with E-state index in [-0.39, 0.29) is 29.5 Å². The molecule has 2 N–H and O–H groups in total. The summed E-state index contributed by atoms with van der Waals surface area (Å²) in [7, 11) is 4.19. The molecule has 0 radical (unpaired) electrons. The molecule has 0 aliphatic carbocycles. The molecular weight excluding hydrogens is 419 g/mol. The quantitative estimate of drug-likeness (QED) is 0.378. The van der Waals surface area contributed by atoms with Crippen LogP contribution in [-0.2, 0) is 6.42 Å². The van der Waals surface area contributed by atoms with Gasteiger partial charge in [-0.1, -0.05) is 0 Å².